The van der Waals surface area contributed by atoms with E-state index in [9.17, 15) is 20.4 Å². The van der Waals surface area contributed by atoms with Gasteiger partial charge in [-0.15, -0.1) is 0 Å². The Hall–Kier alpha value is -5.66. The van der Waals surface area contributed by atoms with E-state index in [1.165, 1.54) is 37.0 Å². The fourth-order valence-electron chi connectivity index (χ4n) is 3.64. The minimum atomic E-state index is -0.422. The molecule has 6 bridgehead atoms. The number of benzene rings is 3. The standard InChI is InChI=1S/C30H32N4O10/c35-27-21-5-3-7-25(27)39-11-1-2-12-40-26-8-4-6-22(28(26)36)18-32-42-14-16-44-34-20-24-10-9-23(29(37)30(24)38)19-33-43-15-13-41-31-17-21/h3-10,17-20,35-38H,1-2,11-16H2/b31-17+,32-18+,33-19+,34-20+. The lowest BCUT2D eigenvalue weighted by molar-refractivity contribution is 0.0552. The number of hydrogen-bond donors (Lipinski definition) is 4. The highest BCUT2D eigenvalue weighted by molar-refractivity contribution is 5.91. The molecule has 2 aliphatic heterocycles. The molecular weight excluding hydrogens is 576 g/mol. The number of ether oxygens (including phenoxy) is 2. The molecule has 0 amide bonds. The lowest BCUT2D eigenvalue weighted by Crippen LogP contribution is -2.03. The fraction of sp³-hybridized carbons (Fsp3) is 0.267. The van der Waals surface area contributed by atoms with Crippen molar-refractivity contribution in [1.29, 1.82) is 0 Å². The Kier molecular flexibility index (Phi) is 11.9. The summed E-state index contributed by atoms with van der Waals surface area (Å²) in [6.45, 7) is 0.859. The zero-order valence-electron chi connectivity index (χ0n) is 23.6. The zero-order chi connectivity index (χ0) is 31.0. The highest BCUT2D eigenvalue weighted by Gasteiger charge is 2.11. The normalized spacial score (nSPS) is 18.1. The molecule has 14 nitrogen and oxygen atoms in total. The zero-order valence-corrected chi connectivity index (χ0v) is 23.6. The van der Waals surface area contributed by atoms with Gasteiger partial charge in [0, 0.05) is 22.3 Å². The number of hydrogen-bond acceptors (Lipinski definition) is 14. The lowest BCUT2D eigenvalue weighted by Gasteiger charge is -2.11. The lowest BCUT2D eigenvalue weighted by atomic mass is 10.1. The predicted molar refractivity (Wildman–Crippen MR) is 160 cm³/mol. The van der Waals surface area contributed by atoms with Crippen molar-refractivity contribution in [3.63, 3.8) is 0 Å². The number of phenolic OH excluding ortho intramolecular Hbond substituents is 4. The van der Waals surface area contributed by atoms with Crippen molar-refractivity contribution in [2.45, 2.75) is 12.8 Å². The number of rotatable bonds is 0. The third kappa shape index (κ3) is 9.17. The third-order valence-electron chi connectivity index (χ3n) is 5.92. The Morgan fingerprint density at radius 2 is 0.750 bits per heavy atom. The van der Waals surface area contributed by atoms with Crippen molar-refractivity contribution in [3.05, 3.63) is 70.8 Å². The monoisotopic (exact) mass is 608 g/mol. The van der Waals surface area contributed by atoms with Crippen molar-refractivity contribution in [2.75, 3.05) is 39.6 Å². The van der Waals surface area contributed by atoms with Crippen LogP contribution in [0.1, 0.15) is 35.1 Å². The molecule has 2 aliphatic rings. The molecule has 44 heavy (non-hydrogen) atoms. The van der Waals surface area contributed by atoms with Gasteiger partial charge >= 0.3 is 0 Å². The molecular formula is C30H32N4O10. The van der Waals surface area contributed by atoms with Crippen molar-refractivity contribution in [1.82, 2.24) is 0 Å². The first-order valence-electron chi connectivity index (χ1n) is 13.6. The predicted octanol–water partition coefficient (Wildman–Crippen LogP) is 3.86. The fourth-order valence-corrected chi connectivity index (χ4v) is 3.64. The topological polar surface area (TPSA) is 186 Å². The first-order valence-corrected chi connectivity index (χ1v) is 13.6. The van der Waals surface area contributed by atoms with Crippen LogP contribution < -0.4 is 9.47 Å². The van der Waals surface area contributed by atoms with E-state index in [-0.39, 0.29) is 49.1 Å². The summed E-state index contributed by atoms with van der Waals surface area (Å²) in [4.78, 5) is 20.5. The second kappa shape index (κ2) is 16.7. The molecule has 5 rings (SSSR count). The summed E-state index contributed by atoms with van der Waals surface area (Å²) in [5, 5.41) is 56.7. The minimum Gasteiger partial charge on any atom is -0.504 e. The van der Waals surface area contributed by atoms with Crippen LogP contribution in [-0.4, -0.2) is 84.9 Å². The summed E-state index contributed by atoms with van der Waals surface area (Å²) >= 11 is 0. The molecule has 0 saturated heterocycles. The van der Waals surface area contributed by atoms with E-state index in [4.69, 9.17) is 28.8 Å². The molecule has 0 fully saturated rings. The van der Waals surface area contributed by atoms with Gasteiger partial charge in [-0.05, 0) is 49.2 Å². The molecule has 0 aliphatic carbocycles. The molecule has 3 aromatic carbocycles. The van der Waals surface area contributed by atoms with Crippen molar-refractivity contribution in [3.8, 4) is 34.5 Å². The van der Waals surface area contributed by atoms with Gasteiger partial charge in [-0.3, -0.25) is 0 Å². The Morgan fingerprint density at radius 3 is 1.11 bits per heavy atom. The van der Waals surface area contributed by atoms with E-state index in [1.54, 1.807) is 36.4 Å². The van der Waals surface area contributed by atoms with Crippen LogP contribution in [0.2, 0.25) is 0 Å². The second-order valence-corrected chi connectivity index (χ2v) is 9.00. The van der Waals surface area contributed by atoms with Crippen LogP contribution in [0, 0.1) is 0 Å². The molecule has 0 saturated carbocycles. The van der Waals surface area contributed by atoms with Gasteiger partial charge in [0.2, 0.25) is 0 Å². The van der Waals surface area contributed by atoms with Crippen LogP contribution in [0.4, 0.5) is 0 Å². The molecule has 3 aromatic rings. The van der Waals surface area contributed by atoms with Crippen LogP contribution in [-0.2, 0) is 19.4 Å². The van der Waals surface area contributed by atoms with Crippen molar-refractivity contribution >= 4 is 24.9 Å². The summed E-state index contributed by atoms with van der Waals surface area (Å²) in [6, 6.07) is 13.0. The van der Waals surface area contributed by atoms with E-state index < -0.39 is 11.5 Å². The van der Waals surface area contributed by atoms with Crippen LogP contribution in [0.25, 0.3) is 0 Å². The van der Waals surface area contributed by atoms with Crippen molar-refractivity contribution < 1.29 is 49.3 Å². The summed E-state index contributed by atoms with van der Waals surface area (Å²) in [7, 11) is 0. The summed E-state index contributed by atoms with van der Waals surface area (Å²) in [6.07, 6.45) is 6.41. The van der Waals surface area contributed by atoms with Crippen LogP contribution in [0.15, 0.2) is 69.2 Å². The largest absolute Gasteiger partial charge is 0.504 e. The van der Waals surface area contributed by atoms with Gasteiger partial charge in [0.05, 0.1) is 38.1 Å². The molecule has 0 radical (unpaired) electrons. The molecule has 0 unspecified atom stereocenters. The highest BCUT2D eigenvalue weighted by atomic mass is 16.7. The Bertz CT molecular complexity index is 1380. The van der Waals surface area contributed by atoms with Gasteiger partial charge in [0.1, 0.15) is 0 Å². The summed E-state index contributed by atoms with van der Waals surface area (Å²) in [5.74, 6) is -0.409. The summed E-state index contributed by atoms with van der Waals surface area (Å²) in [5.41, 5.74) is 1.21. The van der Waals surface area contributed by atoms with E-state index >= 15 is 0 Å². The minimum absolute atomic E-state index is 0.0432. The molecule has 0 spiro atoms. The van der Waals surface area contributed by atoms with Crippen LogP contribution >= 0.6 is 0 Å². The first-order chi connectivity index (χ1) is 21.5. The Morgan fingerprint density at radius 1 is 0.409 bits per heavy atom. The number of para-hydroxylation sites is 2. The smallest absolute Gasteiger partial charge is 0.167 e. The quantitative estimate of drug-likeness (QED) is 0.273. The van der Waals surface area contributed by atoms with E-state index in [2.05, 4.69) is 20.6 Å². The van der Waals surface area contributed by atoms with Gasteiger partial charge in [0.15, 0.2) is 60.9 Å². The van der Waals surface area contributed by atoms with Gasteiger partial charge in [-0.1, -0.05) is 32.8 Å². The van der Waals surface area contributed by atoms with Crippen LogP contribution in [0.5, 0.6) is 34.5 Å². The maximum absolute atomic E-state index is 10.5. The number of aromatic hydroxyl groups is 4. The highest BCUT2D eigenvalue weighted by Crippen LogP contribution is 2.32. The number of fused-ring (bicyclic) bond motifs is 17. The average molecular weight is 609 g/mol. The van der Waals surface area contributed by atoms with Gasteiger partial charge in [-0.2, -0.15) is 0 Å². The SMILES string of the molecule is Oc1c2cccc1OCCCCOc1cccc(c1O)/C=N/OCCO/N=C/c1ccc(c(O)c1O)/C=N/OCCO/N=C/2. The maximum Gasteiger partial charge on any atom is 0.167 e. The molecule has 0 aromatic heterocycles. The number of nitrogens with zero attached hydrogens (tertiary/aromatic N) is 4. The third-order valence-corrected chi connectivity index (χ3v) is 5.92. The Labute approximate surface area is 252 Å². The maximum atomic E-state index is 10.5. The van der Waals surface area contributed by atoms with E-state index in [1.807, 2.05) is 0 Å². The van der Waals surface area contributed by atoms with Crippen molar-refractivity contribution in [2.24, 2.45) is 20.6 Å². The van der Waals surface area contributed by atoms with E-state index in [0.29, 0.717) is 48.7 Å². The molecule has 232 valence electrons. The van der Waals surface area contributed by atoms with Crippen LogP contribution in [0.3, 0.4) is 0 Å². The Balaban J connectivity index is 1.41. The number of oxime groups is 4. The average Bonchev–Trinajstić information content (AvgIpc) is 3.02. The second-order valence-electron chi connectivity index (χ2n) is 9.00. The van der Waals surface area contributed by atoms with Gasteiger partial charge < -0.3 is 49.3 Å². The van der Waals surface area contributed by atoms with E-state index in [0.717, 1.165) is 0 Å². The van der Waals surface area contributed by atoms with Gasteiger partial charge in [0.25, 0.3) is 0 Å². The number of phenols is 4. The summed E-state index contributed by atoms with van der Waals surface area (Å²) < 4.78 is 11.4. The molecule has 0 atom stereocenters. The molecule has 14 heteroatoms. The first kappa shape index (κ1) is 31.3. The van der Waals surface area contributed by atoms with Gasteiger partial charge in [-0.25, -0.2) is 0 Å². The molecule has 4 N–H and O–H groups in total. The molecule has 2 heterocycles.